The smallest absolute Gasteiger partial charge is 0.418 e. The Hall–Kier alpha value is -2.62. The third-order valence-corrected chi connectivity index (χ3v) is 4.82. The summed E-state index contributed by atoms with van der Waals surface area (Å²) in [7, 11) is -4.92. The van der Waals surface area contributed by atoms with Crippen LogP contribution in [0.15, 0.2) is 10.5 Å². The number of nitrogen functional groups attached to an aromatic ring is 1. The number of nitrogens with two attached hydrogens (primary N) is 1. The lowest BCUT2D eigenvalue weighted by Crippen LogP contribution is -2.68. The second-order valence-electron chi connectivity index (χ2n) is 6.15. The van der Waals surface area contributed by atoms with Crippen molar-refractivity contribution < 1.29 is 41.6 Å². The molecule has 0 bridgehead atoms. The molecule has 1 amide bonds. The summed E-state index contributed by atoms with van der Waals surface area (Å²) in [5.74, 6) is -3.88. The molecule has 2 heterocycles. The molecule has 1 aliphatic rings. The summed E-state index contributed by atoms with van der Waals surface area (Å²) in [6.07, 6.45) is -0.427. The van der Waals surface area contributed by atoms with Crippen LogP contribution in [0.25, 0.3) is 0 Å². The van der Waals surface area contributed by atoms with Crippen LogP contribution in [-0.2, 0) is 33.9 Å². The number of carbonyl (C=O) groups excluding carboxylic acids is 2. The molecule has 15 heteroatoms. The first-order chi connectivity index (χ1) is 12.8. The molecule has 1 aliphatic heterocycles. The van der Waals surface area contributed by atoms with E-state index in [0.29, 0.717) is 5.06 Å². The van der Waals surface area contributed by atoms with Gasteiger partial charge < -0.3 is 15.7 Å². The normalized spacial score (nSPS) is 19.2. The van der Waals surface area contributed by atoms with E-state index in [-0.39, 0.29) is 16.5 Å². The maximum Gasteiger partial charge on any atom is 0.418 e. The maximum atomic E-state index is 12.6. The minimum Gasteiger partial charge on any atom is -0.479 e. The van der Waals surface area contributed by atoms with E-state index >= 15 is 0 Å². The second kappa shape index (κ2) is 7.78. The third-order valence-electron chi connectivity index (χ3n) is 3.81. The van der Waals surface area contributed by atoms with Crippen LogP contribution >= 0.6 is 11.3 Å². The number of rotatable bonds is 9. The number of oxime groups is 1. The fraction of sp³-hybridized carbons (Fsp3) is 0.462. The molecule has 1 aromatic heterocycles. The molecule has 1 saturated heterocycles. The van der Waals surface area contributed by atoms with E-state index in [1.165, 1.54) is 19.2 Å². The zero-order valence-corrected chi connectivity index (χ0v) is 16.2. The number of hydrogen-bond acceptors (Lipinski definition) is 11. The SMILES string of the molecule is CC1(C)C(CC(=O)/C(=N\OCC(=O)O)c2csc(N)n2)C(=O)N1OS(=O)(=O)O. The minimum absolute atomic E-state index is 0.0357. The van der Waals surface area contributed by atoms with Gasteiger partial charge in [0.2, 0.25) is 6.61 Å². The summed E-state index contributed by atoms with van der Waals surface area (Å²) in [6.45, 7) is 2.05. The van der Waals surface area contributed by atoms with Crippen LogP contribution in [0, 0.1) is 5.92 Å². The molecule has 13 nitrogen and oxygen atoms in total. The molecule has 0 spiro atoms. The number of ketones is 1. The van der Waals surface area contributed by atoms with Gasteiger partial charge in [0.25, 0.3) is 5.91 Å². The zero-order valence-electron chi connectivity index (χ0n) is 14.6. The fourth-order valence-corrected chi connectivity index (χ4v) is 3.44. The number of thiazole rings is 1. The standard InChI is InChI=1S/C13H16N4O9S2/c1-13(2)6(11(21)17(13)26-28(22,23)24)3-8(18)10(16-25-4-9(19)20)7-5-27-12(14)15-7/h5-6H,3-4H2,1-2H3,(H2,14,15)(H,19,20)(H,22,23,24)/b16-10-. The third kappa shape index (κ3) is 4.80. The lowest BCUT2D eigenvalue weighted by atomic mass is 9.74. The molecular formula is C13H16N4O9S2. The van der Waals surface area contributed by atoms with Gasteiger partial charge in [0.05, 0.1) is 11.5 Å². The number of Topliss-reactive ketones (excluding diaryl/α,β-unsaturated/α-hetero) is 1. The van der Waals surface area contributed by atoms with Gasteiger partial charge in [-0.15, -0.1) is 15.6 Å². The van der Waals surface area contributed by atoms with Gasteiger partial charge >= 0.3 is 16.4 Å². The van der Waals surface area contributed by atoms with Gasteiger partial charge in [-0.1, -0.05) is 5.16 Å². The highest BCUT2D eigenvalue weighted by atomic mass is 32.3. The molecule has 154 valence electrons. The predicted molar refractivity (Wildman–Crippen MR) is 93.3 cm³/mol. The van der Waals surface area contributed by atoms with Crippen molar-refractivity contribution >= 4 is 50.2 Å². The molecule has 1 aromatic rings. The Morgan fingerprint density at radius 2 is 2.11 bits per heavy atom. The van der Waals surface area contributed by atoms with E-state index < -0.39 is 52.5 Å². The summed E-state index contributed by atoms with van der Waals surface area (Å²) in [5.41, 5.74) is 3.98. The van der Waals surface area contributed by atoms with Gasteiger partial charge in [-0.2, -0.15) is 13.5 Å². The first kappa shape index (κ1) is 21.7. The molecule has 1 fully saturated rings. The molecule has 1 atom stereocenters. The number of anilines is 1. The molecular weight excluding hydrogens is 420 g/mol. The molecule has 0 aromatic carbocycles. The Kier molecular flexibility index (Phi) is 6.03. The topological polar surface area (TPSA) is 199 Å². The Labute approximate surface area is 162 Å². The first-order valence-electron chi connectivity index (χ1n) is 7.50. The summed E-state index contributed by atoms with van der Waals surface area (Å²) in [4.78, 5) is 43.8. The highest BCUT2D eigenvalue weighted by molar-refractivity contribution is 7.80. The van der Waals surface area contributed by atoms with Crippen molar-refractivity contribution in [1.82, 2.24) is 10.0 Å². The molecule has 4 N–H and O–H groups in total. The number of nitrogens with zero attached hydrogens (tertiary/aromatic N) is 3. The number of carboxylic acids is 1. The van der Waals surface area contributed by atoms with E-state index in [1.807, 2.05) is 0 Å². The molecule has 1 unspecified atom stereocenters. The largest absolute Gasteiger partial charge is 0.479 e. The number of aliphatic carboxylic acids is 1. The fourth-order valence-electron chi connectivity index (χ4n) is 2.44. The number of carboxylic acid groups (broad SMARTS) is 1. The Morgan fingerprint density at radius 1 is 1.46 bits per heavy atom. The van der Waals surface area contributed by atoms with Crippen molar-refractivity contribution in [2.45, 2.75) is 25.8 Å². The van der Waals surface area contributed by atoms with Crippen molar-refractivity contribution in [3.63, 3.8) is 0 Å². The monoisotopic (exact) mass is 436 g/mol. The lowest BCUT2D eigenvalue weighted by Gasteiger charge is -2.50. The number of amides is 1. The average Bonchev–Trinajstić information content (AvgIpc) is 2.98. The first-order valence-corrected chi connectivity index (χ1v) is 9.75. The summed E-state index contributed by atoms with van der Waals surface area (Å²) >= 11 is 1.01. The number of aromatic nitrogens is 1. The highest BCUT2D eigenvalue weighted by Gasteiger charge is 2.57. The van der Waals surface area contributed by atoms with Crippen molar-refractivity contribution in [1.29, 1.82) is 0 Å². The summed E-state index contributed by atoms with van der Waals surface area (Å²) < 4.78 is 34.6. The van der Waals surface area contributed by atoms with Crippen LogP contribution in [0.3, 0.4) is 0 Å². The molecule has 0 saturated carbocycles. The van der Waals surface area contributed by atoms with Crippen molar-refractivity contribution in [3.8, 4) is 0 Å². The lowest BCUT2D eigenvalue weighted by molar-refractivity contribution is -0.228. The number of hydroxylamine groups is 2. The quantitative estimate of drug-likeness (QED) is 0.194. The zero-order chi connectivity index (χ0) is 21.3. The van der Waals surface area contributed by atoms with Crippen molar-refractivity contribution in [2.75, 3.05) is 12.3 Å². The summed E-state index contributed by atoms with van der Waals surface area (Å²) in [5, 5.41) is 14.1. The molecule has 0 radical (unpaired) electrons. The van der Waals surface area contributed by atoms with E-state index in [0.717, 1.165) is 11.3 Å². The van der Waals surface area contributed by atoms with Crippen molar-refractivity contribution in [2.24, 2.45) is 11.1 Å². The maximum absolute atomic E-state index is 12.6. The van der Waals surface area contributed by atoms with Gasteiger partial charge in [-0.25, -0.2) is 9.78 Å². The second-order valence-corrected chi connectivity index (χ2v) is 8.04. The van der Waals surface area contributed by atoms with E-state index in [9.17, 15) is 22.8 Å². The van der Waals surface area contributed by atoms with Crippen LogP contribution in [-0.4, -0.2) is 63.6 Å². The Bertz CT molecular complexity index is 938. The number of carbonyl (C=O) groups is 3. The van der Waals surface area contributed by atoms with E-state index in [2.05, 4.69) is 19.3 Å². The van der Waals surface area contributed by atoms with Gasteiger partial charge in [0.1, 0.15) is 5.69 Å². The van der Waals surface area contributed by atoms with E-state index in [4.69, 9.17) is 15.4 Å². The van der Waals surface area contributed by atoms with Gasteiger partial charge in [-0.05, 0) is 13.8 Å². The van der Waals surface area contributed by atoms with Gasteiger partial charge in [0, 0.05) is 11.8 Å². The minimum atomic E-state index is -4.92. The van der Waals surface area contributed by atoms with Gasteiger partial charge in [0.15, 0.2) is 16.6 Å². The highest BCUT2D eigenvalue weighted by Crippen LogP contribution is 2.40. The Balaban J connectivity index is 2.19. The van der Waals surface area contributed by atoms with Crippen LogP contribution < -0.4 is 5.73 Å². The average molecular weight is 436 g/mol. The van der Waals surface area contributed by atoms with E-state index in [1.54, 1.807) is 0 Å². The number of β-lactam (4-membered cyclic amide) rings is 1. The summed E-state index contributed by atoms with van der Waals surface area (Å²) in [6, 6.07) is 0. The number of hydrogen-bond donors (Lipinski definition) is 3. The van der Waals surface area contributed by atoms with Crippen LogP contribution in [0.4, 0.5) is 5.13 Å². The predicted octanol–water partition coefficient (Wildman–Crippen LogP) is -0.539. The Morgan fingerprint density at radius 3 is 2.57 bits per heavy atom. The van der Waals surface area contributed by atoms with Crippen LogP contribution in [0.1, 0.15) is 26.0 Å². The molecule has 0 aliphatic carbocycles. The van der Waals surface area contributed by atoms with Crippen LogP contribution in [0.5, 0.6) is 0 Å². The van der Waals surface area contributed by atoms with Gasteiger partial charge in [-0.3, -0.25) is 14.1 Å². The molecule has 28 heavy (non-hydrogen) atoms. The molecule has 2 rings (SSSR count). The van der Waals surface area contributed by atoms with Crippen molar-refractivity contribution in [3.05, 3.63) is 11.1 Å². The van der Waals surface area contributed by atoms with Crippen LogP contribution in [0.2, 0.25) is 0 Å².